The molecule has 0 aliphatic heterocycles. The van der Waals surface area contributed by atoms with Crippen molar-refractivity contribution in [3.05, 3.63) is 48.5 Å². The number of nitrogens with zero attached hydrogens (tertiary/aromatic N) is 3. The van der Waals surface area contributed by atoms with Crippen LogP contribution in [0.4, 0.5) is 5.69 Å². The van der Waals surface area contributed by atoms with E-state index in [-0.39, 0.29) is 5.91 Å². The van der Waals surface area contributed by atoms with Gasteiger partial charge in [0, 0.05) is 30.9 Å². The Morgan fingerprint density at radius 3 is 2.61 bits per heavy atom. The first-order valence-corrected chi connectivity index (χ1v) is 9.70. The third-order valence-corrected chi connectivity index (χ3v) is 5.13. The SMILES string of the molecule is COc1ccc(NC(=O)CCSc2nnc(-c3ccccc3)n2C)c(OC)c1. The molecule has 0 saturated carbocycles. The standard InChI is InChI=1S/C20H22N4O3S/c1-24-19(14-7-5-4-6-8-14)22-23-20(24)28-12-11-18(25)21-16-10-9-15(26-2)13-17(16)27-3/h4-10,13H,11-12H2,1-3H3,(H,21,25). The first-order valence-electron chi connectivity index (χ1n) is 8.72. The van der Waals surface area contributed by atoms with Crippen LogP contribution in [0.25, 0.3) is 11.4 Å². The number of anilines is 1. The van der Waals surface area contributed by atoms with Gasteiger partial charge in [0.05, 0.1) is 19.9 Å². The second-order valence-electron chi connectivity index (χ2n) is 5.94. The number of benzene rings is 2. The predicted octanol–water partition coefficient (Wildman–Crippen LogP) is 3.62. The molecule has 1 N–H and O–H groups in total. The van der Waals surface area contributed by atoms with Crippen molar-refractivity contribution in [2.75, 3.05) is 25.3 Å². The van der Waals surface area contributed by atoms with Crippen molar-refractivity contribution in [3.63, 3.8) is 0 Å². The van der Waals surface area contributed by atoms with Crippen molar-refractivity contribution in [1.82, 2.24) is 14.8 Å². The summed E-state index contributed by atoms with van der Waals surface area (Å²) in [6.07, 6.45) is 0.341. The topological polar surface area (TPSA) is 78.3 Å². The zero-order valence-corrected chi connectivity index (χ0v) is 16.8. The summed E-state index contributed by atoms with van der Waals surface area (Å²) in [7, 11) is 5.06. The zero-order valence-electron chi connectivity index (χ0n) is 16.0. The van der Waals surface area contributed by atoms with Crippen LogP contribution in [0.5, 0.6) is 11.5 Å². The third kappa shape index (κ3) is 4.64. The van der Waals surface area contributed by atoms with E-state index in [1.165, 1.54) is 11.8 Å². The molecular formula is C20H22N4O3S. The first kappa shape index (κ1) is 19.8. The molecule has 1 heterocycles. The maximum Gasteiger partial charge on any atom is 0.225 e. The average molecular weight is 398 g/mol. The highest BCUT2D eigenvalue weighted by Gasteiger charge is 2.13. The van der Waals surface area contributed by atoms with Gasteiger partial charge in [-0.1, -0.05) is 42.1 Å². The van der Waals surface area contributed by atoms with Gasteiger partial charge in [-0.3, -0.25) is 4.79 Å². The van der Waals surface area contributed by atoms with Gasteiger partial charge < -0.3 is 19.4 Å². The highest BCUT2D eigenvalue weighted by atomic mass is 32.2. The fraction of sp³-hybridized carbons (Fsp3) is 0.250. The number of aromatic nitrogens is 3. The molecular weight excluding hydrogens is 376 g/mol. The van der Waals surface area contributed by atoms with Crippen LogP contribution in [0, 0.1) is 0 Å². The van der Waals surface area contributed by atoms with E-state index in [1.54, 1.807) is 32.4 Å². The number of amides is 1. The third-order valence-electron chi connectivity index (χ3n) is 4.11. The van der Waals surface area contributed by atoms with Gasteiger partial charge in [-0.25, -0.2) is 0 Å². The molecule has 0 spiro atoms. The molecule has 28 heavy (non-hydrogen) atoms. The van der Waals surface area contributed by atoms with Crippen LogP contribution in [0.1, 0.15) is 6.42 Å². The molecule has 0 aliphatic rings. The van der Waals surface area contributed by atoms with Crippen molar-refractivity contribution in [3.8, 4) is 22.9 Å². The fourth-order valence-corrected chi connectivity index (χ4v) is 3.48. The van der Waals surface area contributed by atoms with Crippen LogP contribution in [-0.4, -0.2) is 40.6 Å². The lowest BCUT2D eigenvalue weighted by Gasteiger charge is -2.11. The second-order valence-corrected chi connectivity index (χ2v) is 7.01. The largest absolute Gasteiger partial charge is 0.497 e. The number of hydrogen-bond donors (Lipinski definition) is 1. The summed E-state index contributed by atoms with van der Waals surface area (Å²) in [5.41, 5.74) is 1.62. The fourth-order valence-electron chi connectivity index (χ4n) is 2.63. The smallest absolute Gasteiger partial charge is 0.225 e. The number of ether oxygens (including phenoxy) is 2. The van der Waals surface area contributed by atoms with Gasteiger partial charge in [-0.15, -0.1) is 10.2 Å². The Labute approximate surface area is 168 Å². The Morgan fingerprint density at radius 2 is 1.89 bits per heavy atom. The molecule has 0 aliphatic carbocycles. The summed E-state index contributed by atoms with van der Waals surface area (Å²) in [5.74, 6) is 2.52. The Balaban J connectivity index is 1.56. The summed E-state index contributed by atoms with van der Waals surface area (Å²) in [5, 5.41) is 12.1. The summed E-state index contributed by atoms with van der Waals surface area (Å²) >= 11 is 1.49. The molecule has 146 valence electrons. The summed E-state index contributed by atoms with van der Waals surface area (Å²) in [6, 6.07) is 15.2. The van der Waals surface area contributed by atoms with E-state index < -0.39 is 0 Å². The lowest BCUT2D eigenvalue weighted by molar-refractivity contribution is -0.115. The van der Waals surface area contributed by atoms with Gasteiger partial charge in [0.25, 0.3) is 0 Å². The van der Waals surface area contributed by atoms with Crippen molar-refractivity contribution in [1.29, 1.82) is 0 Å². The molecule has 0 atom stereocenters. The van der Waals surface area contributed by atoms with Crippen LogP contribution in [0.2, 0.25) is 0 Å². The Kier molecular flexibility index (Phi) is 6.54. The van der Waals surface area contributed by atoms with E-state index in [0.717, 1.165) is 16.5 Å². The quantitative estimate of drug-likeness (QED) is 0.584. The molecule has 1 amide bonds. The average Bonchev–Trinajstić information content (AvgIpc) is 3.09. The van der Waals surface area contributed by atoms with E-state index in [0.29, 0.717) is 29.4 Å². The van der Waals surface area contributed by atoms with E-state index in [4.69, 9.17) is 9.47 Å². The molecule has 0 radical (unpaired) electrons. The first-order chi connectivity index (χ1) is 13.6. The molecule has 0 unspecified atom stereocenters. The zero-order chi connectivity index (χ0) is 19.9. The molecule has 8 heteroatoms. The number of carbonyl (C=O) groups excluding carboxylic acids is 1. The maximum absolute atomic E-state index is 12.3. The molecule has 1 aromatic heterocycles. The van der Waals surface area contributed by atoms with E-state index >= 15 is 0 Å². The number of rotatable bonds is 8. The van der Waals surface area contributed by atoms with Crippen molar-refractivity contribution in [2.24, 2.45) is 7.05 Å². The Morgan fingerprint density at radius 1 is 1.11 bits per heavy atom. The molecule has 0 fully saturated rings. The van der Waals surface area contributed by atoms with E-state index in [1.807, 2.05) is 41.9 Å². The minimum absolute atomic E-state index is 0.0959. The van der Waals surface area contributed by atoms with Gasteiger partial charge in [-0.2, -0.15) is 0 Å². The van der Waals surface area contributed by atoms with Crippen molar-refractivity contribution >= 4 is 23.4 Å². The summed E-state index contributed by atoms with van der Waals surface area (Å²) in [6.45, 7) is 0. The van der Waals surface area contributed by atoms with Crippen molar-refractivity contribution < 1.29 is 14.3 Å². The lowest BCUT2D eigenvalue weighted by atomic mass is 10.2. The molecule has 0 saturated heterocycles. The predicted molar refractivity (Wildman–Crippen MR) is 110 cm³/mol. The monoisotopic (exact) mass is 398 g/mol. The molecule has 2 aromatic carbocycles. The molecule has 7 nitrogen and oxygen atoms in total. The molecule has 0 bridgehead atoms. The van der Waals surface area contributed by atoms with Gasteiger partial charge >= 0.3 is 0 Å². The Hall–Kier alpha value is -3.00. The van der Waals surface area contributed by atoms with Crippen molar-refractivity contribution in [2.45, 2.75) is 11.6 Å². The normalized spacial score (nSPS) is 10.5. The van der Waals surface area contributed by atoms with Crippen LogP contribution in [0.15, 0.2) is 53.7 Å². The number of carbonyl (C=O) groups is 1. The minimum Gasteiger partial charge on any atom is -0.497 e. The van der Waals surface area contributed by atoms with Crippen LogP contribution in [-0.2, 0) is 11.8 Å². The number of thioether (sulfide) groups is 1. The Bertz CT molecular complexity index is 944. The van der Waals surface area contributed by atoms with Gasteiger partial charge in [-0.05, 0) is 12.1 Å². The van der Waals surface area contributed by atoms with E-state index in [2.05, 4.69) is 15.5 Å². The number of methoxy groups -OCH3 is 2. The maximum atomic E-state index is 12.3. The van der Waals surface area contributed by atoms with Crippen LogP contribution in [0.3, 0.4) is 0 Å². The lowest BCUT2D eigenvalue weighted by Crippen LogP contribution is -2.13. The molecule has 3 rings (SSSR count). The minimum atomic E-state index is -0.0959. The highest BCUT2D eigenvalue weighted by Crippen LogP contribution is 2.29. The van der Waals surface area contributed by atoms with Gasteiger partial charge in [0.2, 0.25) is 5.91 Å². The van der Waals surface area contributed by atoms with E-state index in [9.17, 15) is 4.79 Å². The highest BCUT2D eigenvalue weighted by molar-refractivity contribution is 7.99. The van der Waals surface area contributed by atoms with Gasteiger partial charge in [0.1, 0.15) is 11.5 Å². The second kappa shape index (κ2) is 9.27. The van der Waals surface area contributed by atoms with Crippen LogP contribution >= 0.6 is 11.8 Å². The molecule has 3 aromatic rings. The number of hydrogen-bond acceptors (Lipinski definition) is 6. The number of nitrogens with one attached hydrogen (secondary N) is 1. The van der Waals surface area contributed by atoms with Gasteiger partial charge in [0.15, 0.2) is 11.0 Å². The van der Waals surface area contributed by atoms with Crippen LogP contribution < -0.4 is 14.8 Å². The summed E-state index contributed by atoms with van der Waals surface area (Å²) in [4.78, 5) is 12.3. The summed E-state index contributed by atoms with van der Waals surface area (Å²) < 4.78 is 12.4.